The first-order valence-corrected chi connectivity index (χ1v) is 9.88. The predicted octanol–water partition coefficient (Wildman–Crippen LogP) is 4.80. The third-order valence-electron chi connectivity index (χ3n) is 2.11. The van der Waals surface area contributed by atoms with Crippen molar-refractivity contribution in [3.63, 3.8) is 0 Å². The molecule has 0 aliphatic heterocycles. The lowest BCUT2D eigenvalue weighted by Gasteiger charge is -2.24. The fourth-order valence-corrected chi connectivity index (χ4v) is 2.61. The number of ether oxygens (including phenoxy) is 2. The molecule has 0 saturated carbocycles. The molecule has 0 atom stereocenters. The summed E-state index contributed by atoms with van der Waals surface area (Å²) in [5.74, 6) is 1.70. The topological polar surface area (TPSA) is 18.5 Å². The molecule has 0 fully saturated rings. The van der Waals surface area contributed by atoms with E-state index in [4.69, 9.17) is 32.7 Å². The molecule has 0 spiro atoms. The Morgan fingerprint density at radius 1 is 1.17 bits per heavy atom. The molecule has 0 N–H and O–H groups in total. The van der Waals surface area contributed by atoms with Crippen molar-refractivity contribution in [3.05, 3.63) is 26.7 Å². The van der Waals surface area contributed by atoms with Gasteiger partial charge in [0.05, 0.1) is 21.1 Å². The summed E-state index contributed by atoms with van der Waals surface area (Å²) in [5, 5.41) is 0.960. The molecule has 18 heavy (non-hydrogen) atoms. The van der Waals surface area contributed by atoms with Crippen molar-refractivity contribution in [2.75, 3.05) is 37.9 Å². The molecule has 1 rings (SSSR count). The van der Waals surface area contributed by atoms with Gasteiger partial charge in [0.1, 0.15) is 5.75 Å². The highest BCUT2D eigenvalue weighted by Gasteiger charge is 2.07. The molecule has 0 radical (unpaired) electrons. The fourth-order valence-electron chi connectivity index (χ4n) is 1.09. The first-order chi connectivity index (χ1) is 8.29. The Morgan fingerprint density at radius 2 is 1.78 bits per heavy atom. The quantitative estimate of drug-likeness (QED) is 0.403. The number of benzene rings is 1. The Kier molecular flexibility index (Phi) is 6.62. The third-order valence-corrected chi connectivity index (χ3v) is 4.85. The van der Waals surface area contributed by atoms with Gasteiger partial charge in [0.2, 0.25) is 0 Å². The number of hydrogen-bond donors (Lipinski definition) is 0. The Hall–Kier alpha value is 0.390. The highest BCUT2D eigenvalue weighted by atomic mass is 79.9. The molecule has 6 heteroatoms. The lowest BCUT2D eigenvalue weighted by molar-refractivity contribution is 0.0232. The van der Waals surface area contributed by atoms with Crippen LogP contribution < -0.4 is 4.74 Å². The summed E-state index contributed by atoms with van der Waals surface area (Å²) in [6.07, 6.45) is 6.77. The number of halogens is 3. The van der Waals surface area contributed by atoms with Crippen LogP contribution in [0.2, 0.25) is 10.0 Å². The zero-order chi connectivity index (χ0) is 13.8. The van der Waals surface area contributed by atoms with Crippen molar-refractivity contribution in [2.24, 2.45) is 0 Å². The van der Waals surface area contributed by atoms with Crippen LogP contribution in [0, 0.1) is 0 Å². The molecular weight excluding hydrogens is 359 g/mol. The molecule has 0 unspecified atom stereocenters. The predicted molar refractivity (Wildman–Crippen MR) is 85.8 cm³/mol. The number of rotatable bonds is 6. The van der Waals surface area contributed by atoms with Crippen LogP contribution in [0.25, 0.3) is 0 Å². The summed E-state index contributed by atoms with van der Waals surface area (Å²) < 4.78 is 11.7. The second kappa shape index (κ2) is 7.25. The summed E-state index contributed by atoms with van der Waals surface area (Å²) >= 11 is 15.2. The average molecular weight is 376 g/mol. The van der Waals surface area contributed by atoms with Crippen molar-refractivity contribution in [3.8, 4) is 5.75 Å². The van der Waals surface area contributed by atoms with Gasteiger partial charge in [0, 0.05) is 11.8 Å². The molecule has 0 aromatic heterocycles. The van der Waals surface area contributed by atoms with E-state index in [0.29, 0.717) is 22.4 Å². The minimum absolute atomic E-state index is 0.214. The van der Waals surface area contributed by atoms with E-state index in [9.17, 15) is 0 Å². The van der Waals surface area contributed by atoms with E-state index in [-0.39, 0.29) is 6.79 Å². The zero-order valence-corrected chi connectivity index (χ0v) is 14.5. The highest BCUT2D eigenvalue weighted by Crippen LogP contribution is 2.35. The smallest absolute Gasteiger partial charge is 0.189 e. The van der Waals surface area contributed by atoms with Crippen LogP contribution in [0.5, 0.6) is 5.75 Å². The van der Waals surface area contributed by atoms with Gasteiger partial charge in [0.25, 0.3) is 0 Å². The van der Waals surface area contributed by atoms with Crippen LogP contribution in [0.15, 0.2) is 16.6 Å². The van der Waals surface area contributed by atoms with E-state index in [1.165, 1.54) is 0 Å². The van der Waals surface area contributed by atoms with Crippen LogP contribution in [-0.2, 0) is 4.74 Å². The summed E-state index contributed by atoms with van der Waals surface area (Å²) in [6.45, 7) is 0.920. The van der Waals surface area contributed by atoms with Crippen molar-refractivity contribution in [1.82, 2.24) is 0 Å². The molecule has 2 nitrogen and oxygen atoms in total. The Bertz CT molecular complexity index is 408. The van der Waals surface area contributed by atoms with E-state index >= 15 is 0 Å². The number of hydrogen-bond acceptors (Lipinski definition) is 2. The maximum atomic E-state index is 5.92. The molecule has 0 amide bonds. The Morgan fingerprint density at radius 3 is 2.39 bits per heavy atom. The van der Waals surface area contributed by atoms with Gasteiger partial charge in [-0.05, 0) is 40.8 Å². The van der Waals surface area contributed by atoms with Crippen molar-refractivity contribution in [2.45, 2.75) is 0 Å². The van der Waals surface area contributed by atoms with E-state index in [0.717, 1.165) is 10.2 Å². The monoisotopic (exact) mass is 374 g/mol. The molecule has 0 aliphatic carbocycles. The van der Waals surface area contributed by atoms with Crippen LogP contribution >= 0.6 is 49.2 Å². The first kappa shape index (κ1) is 16.4. The summed E-state index contributed by atoms with van der Waals surface area (Å²) in [5.41, 5.74) is 0. The van der Waals surface area contributed by atoms with Gasteiger partial charge in [-0.2, -0.15) is 0 Å². The van der Waals surface area contributed by atoms with Gasteiger partial charge in [-0.1, -0.05) is 23.2 Å². The molecule has 104 valence electrons. The maximum Gasteiger partial charge on any atom is 0.189 e. The van der Waals surface area contributed by atoms with Gasteiger partial charge in [0.15, 0.2) is 6.79 Å². The van der Waals surface area contributed by atoms with Crippen molar-refractivity contribution >= 4 is 49.2 Å². The van der Waals surface area contributed by atoms with Gasteiger partial charge >= 0.3 is 0 Å². The van der Waals surface area contributed by atoms with Crippen LogP contribution in [0.3, 0.4) is 0 Å². The van der Waals surface area contributed by atoms with Crippen LogP contribution in [-0.4, -0.2) is 37.9 Å². The molecule has 0 heterocycles. The van der Waals surface area contributed by atoms with E-state index in [1.54, 1.807) is 12.1 Å². The van der Waals surface area contributed by atoms with Gasteiger partial charge in [-0.3, -0.25) is 0 Å². The van der Waals surface area contributed by atoms with Crippen molar-refractivity contribution < 1.29 is 9.47 Å². The fraction of sp³-hybridized carbons (Fsp3) is 0.500. The van der Waals surface area contributed by atoms with Crippen LogP contribution in [0.1, 0.15) is 0 Å². The largest absolute Gasteiger partial charge is 0.466 e. The standard InChI is InChI=1S/C12H17BrCl2O2S/c1-18(2,3)5-4-16-8-17-12-7-11(15)10(14)6-9(12)13/h6-7H,4-5,8H2,1-3H3. The summed E-state index contributed by atoms with van der Waals surface area (Å²) in [4.78, 5) is 0. The zero-order valence-electron chi connectivity index (χ0n) is 10.6. The van der Waals surface area contributed by atoms with Gasteiger partial charge in [-0.15, -0.1) is 0 Å². The van der Waals surface area contributed by atoms with E-state index in [1.807, 2.05) is 0 Å². The normalized spacial score (nSPS) is 12.6. The van der Waals surface area contributed by atoms with Crippen LogP contribution in [0.4, 0.5) is 0 Å². The second-order valence-corrected chi connectivity index (χ2v) is 10.9. The Balaban J connectivity index is 2.38. The molecule has 0 aliphatic rings. The van der Waals surface area contributed by atoms with E-state index in [2.05, 4.69) is 34.7 Å². The van der Waals surface area contributed by atoms with Gasteiger partial charge < -0.3 is 9.47 Å². The minimum atomic E-state index is -0.518. The summed E-state index contributed by atoms with van der Waals surface area (Å²) in [6, 6.07) is 3.38. The SMILES string of the molecule is CS(C)(C)CCOCOc1cc(Cl)c(Cl)cc1Br. The first-order valence-electron chi connectivity index (χ1n) is 5.31. The van der Waals surface area contributed by atoms with E-state index < -0.39 is 10.0 Å². The third kappa shape index (κ3) is 6.02. The lowest BCUT2D eigenvalue weighted by atomic mass is 10.3. The highest BCUT2D eigenvalue weighted by molar-refractivity contribution is 9.10. The maximum absolute atomic E-state index is 5.92. The Labute approximate surface area is 128 Å². The summed E-state index contributed by atoms with van der Waals surface area (Å²) in [7, 11) is -0.518. The molecule has 1 aromatic rings. The molecule has 1 aromatic carbocycles. The molecular formula is C12H17BrCl2O2S. The van der Waals surface area contributed by atoms with Crippen molar-refractivity contribution in [1.29, 1.82) is 0 Å². The van der Waals surface area contributed by atoms with Gasteiger partial charge in [-0.25, -0.2) is 10.0 Å². The molecule has 0 bridgehead atoms. The second-order valence-electron chi connectivity index (χ2n) is 4.66. The average Bonchev–Trinajstić information content (AvgIpc) is 2.23. The lowest BCUT2D eigenvalue weighted by Crippen LogP contribution is -2.10. The minimum Gasteiger partial charge on any atom is -0.466 e. The molecule has 0 saturated heterocycles.